The molecule has 0 aromatic heterocycles. The van der Waals surface area contributed by atoms with Gasteiger partial charge in [-0.25, -0.2) is 0 Å². The van der Waals surface area contributed by atoms with Crippen LogP contribution in [0.25, 0.3) is 0 Å². The van der Waals surface area contributed by atoms with Crippen molar-refractivity contribution in [1.82, 2.24) is 42.5 Å². The van der Waals surface area contributed by atoms with Crippen molar-refractivity contribution in [3.05, 3.63) is 0 Å². The van der Waals surface area contributed by atoms with Gasteiger partial charge in [0.15, 0.2) is 0 Å². The van der Waals surface area contributed by atoms with Crippen LogP contribution in [0.2, 0.25) is 0 Å². The fourth-order valence-electron chi connectivity index (χ4n) is 3.82. The zero-order valence-corrected chi connectivity index (χ0v) is 17.9. The van der Waals surface area contributed by atoms with E-state index in [-0.39, 0.29) is 0 Å². The second-order valence-electron chi connectivity index (χ2n) is 7.92. The maximum atomic E-state index is 3.84. The molecule has 2 unspecified atom stereocenters. The van der Waals surface area contributed by atoms with Crippen LogP contribution >= 0.6 is 0 Å². The van der Waals surface area contributed by atoms with Crippen molar-refractivity contribution in [1.29, 1.82) is 0 Å². The molecule has 0 amide bonds. The van der Waals surface area contributed by atoms with E-state index in [1.165, 1.54) is 19.3 Å². The SMILES string of the molecule is C1CNCCNCCC(C2CNCCCNCCNCCCN2)NCCNC1. The third-order valence-corrected chi connectivity index (χ3v) is 5.50. The smallest absolute Gasteiger partial charge is 0.0347 e. The van der Waals surface area contributed by atoms with E-state index in [2.05, 4.69) is 42.5 Å². The van der Waals surface area contributed by atoms with Crippen LogP contribution in [0.1, 0.15) is 25.7 Å². The van der Waals surface area contributed by atoms with Crippen molar-refractivity contribution in [3.63, 3.8) is 0 Å². The van der Waals surface area contributed by atoms with Gasteiger partial charge in [-0.3, -0.25) is 0 Å². The first-order valence-corrected chi connectivity index (χ1v) is 11.7. The molecule has 28 heavy (non-hydrogen) atoms. The first kappa shape index (κ1) is 24.0. The quantitative estimate of drug-likeness (QED) is 0.258. The molecular formula is C20H46N8. The molecular weight excluding hydrogens is 352 g/mol. The molecule has 0 radical (unpaired) electrons. The van der Waals surface area contributed by atoms with Gasteiger partial charge in [0.05, 0.1) is 0 Å². The van der Waals surface area contributed by atoms with Crippen LogP contribution in [-0.2, 0) is 0 Å². The van der Waals surface area contributed by atoms with Gasteiger partial charge in [0.1, 0.15) is 0 Å². The Morgan fingerprint density at radius 3 is 1.46 bits per heavy atom. The molecule has 2 fully saturated rings. The highest BCUT2D eigenvalue weighted by molar-refractivity contribution is 4.85. The Balaban J connectivity index is 1.82. The molecule has 2 saturated heterocycles. The van der Waals surface area contributed by atoms with Gasteiger partial charge in [-0.2, -0.15) is 0 Å². The second-order valence-corrected chi connectivity index (χ2v) is 7.92. The molecule has 0 aliphatic carbocycles. The first-order chi connectivity index (χ1) is 14.0. The predicted octanol–water partition coefficient (Wildman–Crippen LogP) is -1.97. The predicted molar refractivity (Wildman–Crippen MR) is 119 cm³/mol. The van der Waals surface area contributed by atoms with E-state index in [1.807, 2.05) is 0 Å². The minimum atomic E-state index is 0.462. The van der Waals surface area contributed by atoms with E-state index in [4.69, 9.17) is 0 Å². The zero-order chi connectivity index (χ0) is 19.5. The van der Waals surface area contributed by atoms with E-state index in [9.17, 15) is 0 Å². The maximum absolute atomic E-state index is 3.84. The van der Waals surface area contributed by atoms with Gasteiger partial charge < -0.3 is 42.5 Å². The lowest BCUT2D eigenvalue weighted by atomic mass is 10.0. The Hall–Kier alpha value is -0.320. The van der Waals surface area contributed by atoms with E-state index in [0.717, 1.165) is 98.0 Å². The molecule has 0 aromatic carbocycles. The minimum Gasteiger partial charge on any atom is -0.315 e. The summed E-state index contributed by atoms with van der Waals surface area (Å²) < 4.78 is 0. The van der Waals surface area contributed by atoms with Crippen molar-refractivity contribution in [3.8, 4) is 0 Å². The zero-order valence-electron chi connectivity index (χ0n) is 17.9. The Morgan fingerprint density at radius 2 is 0.821 bits per heavy atom. The van der Waals surface area contributed by atoms with Crippen LogP contribution in [0.15, 0.2) is 0 Å². The number of hydrogen-bond donors (Lipinski definition) is 8. The van der Waals surface area contributed by atoms with E-state index < -0.39 is 0 Å². The summed E-state index contributed by atoms with van der Waals surface area (Å²) in [5, 5.41) is 29.1. The van der Waals surface area contributed by atoms with E-state index in [1.54, 1.807) is 0 Å². The molecule has 0 saturated carbocycles. The van der Waals surface area contributed by atoms with Gasteiger partial charge in [0, 0.05) is 57.9 Å². The lowest BCUT2D eigenvalue weighted by Crippen LogP contribution is -2.55. The monoisotopic (exact) mass is 398 g/mol. The molecule has 166 valence electrons. The highest BCUT2D eigenvalue weighted by atomic mass is 15.1. The number of hydrogen-bond acceptors (Lipinski definition) is 8. The second kappa shape index (κ2) is 17.5. The van der Waals surface area contributed by atoms with Crippen molar-refractivity contribution >= 4 is 0 Å². The molecule has 0 aromatic rings. The number of rotatable bonds is 1. The Kier molecular flexibility index (Phi) is 15.0. The standard InChI is InChI=1S/C20H46N8/c1-5-21-14-15-25-11-4-19(28-17-16-24-6-1)20-18-26-9-2-7-22-12-13-23-8-3-10-27-20/h19-28H,1-18H2. The van der Waals surface area contributed by atoms with Crippen LogP contribution in [0, 0.1) is 0 Å². The summed E-state index contributed by atoms with van der Waals surface area (Å²) in [5.74, 6) is 0. The molecule has 0 bridgehead atoms. The van der Waals surface area contributed by atoms with Crippen molar-refractivity contribution < 1.29 is 0 Å². The molecule has 2 rings (SSSR count). The summed E-state index contributed by atoms with van der Waals surface area (Å²) >= 11 is 0. The normalized spacial score (nSPS) is 30.0. The van der Waals surface area contributed by atoms with Gasteiger partial charge in [0.2, 0.25) is 0 Å². The van der Waals surface area contributed by atoms with Crippen molar-refractivity contribution in [2.75, 3.05) is 91.6 Å². The molecule has 2 aliphatic rings. The first-order valence-electron chi connectivity index (χ1n) is 11.7. The van der Waals surface area contributed by atoms with Crippen LogP contribution in [0.5, 0.6) is 0 Å². The van der Waals surface area contributed by atoms with Gasteiger partial charge in [-0.15, -0.1) is 0 Å². The summed E-state index contributed by atoms with van der Waals surface area (Å²) in [6.07, 6.45) is 4.71. The highest BCUT2D eigenvalue weighted by Crippen LogP contribution is 2.00. The lowest BCUT2D eigenvalue weighted by molar-refractivity contribution is 0.330. The molecule has 0 spiro atoms. The average Bonchev–Trinajstić information content (AvgIpc) is 2.71. The van der Waals surface area contributed by atoms with Crippen LogP contribution in [-0.4, -0.2) is 104 Å². The average molecular weight is 399 g/mol. The summed E-state index contributed by atoms with van der Waals surface area (Å²) in [6, 6.07) is 0.945. The summed E-state index contributed by atoms with van der Waals surface area (Å²) in [7, 11) is 0. The molecule has 2 atom stereocenters. The Labute approximate surface area is 172 Å². The van der Waals surface area contributed by atoms with E-state index in [0.29, 0.717) is 12.1 Å². The summed E-state index contributed by atoms with van der Waals surface area (Å²) in [5.41, 5.74) is 0. The summed E-state index contributed by atoms with van der Waals surface area (Å²) in [4.78, 5) is 0. The Bertz CT molecular complexity index is 284. The minimum absolute atomic E-state index is 0.462. The van der Waals surface area contributed by atoms with Crippen LogP contribution in [0.4, 0.5) is 0 Å². The Morgan fingerprint density at radius 1 is 0.357 bits per heavy atom. The van der Waals surface area contributed by atoms with Crippen LogP contribution in [0.3, 0.4) is 0 Å². The molecule has 8 nitrogen and oxygen atoms in total. The number of nitrogens with one attached hydrogen (secondary N) is 8. The lowest BCUT2D eigenvalue weighted by Gasteiger charge is -2.30. The van der Waals surface area contributed by atoms with Gasteiger partial charge in [-0.1, -0.05) is 0 Å². The molecule has 8 N–H and O–H groups in total. The van der Waals surface area contributed by atoms with E-state index >= 15 is 0 Å². The molecule has 8 heteroatoms. The topological polar surface area (TPSA) is 96.2 Å². The van der Waals surface area contributed by atoms with Crippen molar-refractivity contribution in [2.45, 2.75) is 37.8 Å². The third kappa shape index (κ3) is 12.3. The summed E-state index contributed by atoms with van der Waals surface area (Å²) in [6.45, 7) is 14.9. The third-order valence-electron chi connectivity index (χ3n) is 5.50. The fourth-order valence-corrected chi connectivity index (χ4v) is 3.82. The van der Waals surface area contributed by atoms with Crippen LogP contribution < -0.4 is 42.5 Å². The molecule has 2 heterocycles. The maximum Gasteiger partial charge on any atom is 0.0347 e. The molecule has 2 aliphatic heterocycles. The van der Waals surface area contributed by atoms with Gasteiger partial charge >= 0.3 is 0 Å². The van der Waals surface area contributed by atoms with Gasteiger partial charge in [0.25, 0.3) is 0 Å². The van der Waals surface area contributed by atoms with Gasteiger partial charge in [-0.05, 0) is 71.5 Å². The van der Waals surface area contributed by atoms with Crippen molar-refractivity contribution in [2.24, 2.45) is 0 Å². The highest BCUT2D eigenvalue weighted by Gasteiger charge is 2.20. The fraction of sp³-hybridized carbons (Fsp3) is 1.00. The largest absolute Gasteiger partial charge is 0.315 e.